The van der Waals surface area contributed by atoms with Crippen LogP contribution in [-0.4, -0.2) is 55.3 Å². The van der Waals surface area contributed by atoms with Gasteiger partial charge in [0.2, 0.25) is 5.78 Å². The van der Waals surface area contributed by atoms with E-state index in [1.54, 1.807) is 31.2 Å². The van der Waals surface area contributed by atoms with E-state index in [9.17, 15) is 14.3 Å². The first kappa shape index (κ1) is 20.5. The molecule has 1 saturated heterocycles. The lowest BCUT2D eigenvalue weighted by Gasteiger charge is -2.29. The molecule has 30 heavy (non-hydrogen) atoms. The van der Waals surface area contributed by atoms with Gasteiger partial charge in [-0.3, -0.25) is 4.79 Å². The number of hydrogen-bond donors (Lipinski definition) is 4. The number of carbonyl (C=O) groups is 1. The van der Waals surface area contributed by atoms with Crippen LogP contribution in [0, 0.1) is 12.7 Å². The average molecular weight is 414 g/mol. The third-order valence-corrected chi connectivity index (χ3v) is 5.97. The quantitative estimate of drug-likeness (QED) is 0.509. The molecule has 4 rings (SSSR count). The Bertz CT molecular complexity index is 997. The summed E-state index contributed by atoms with van der Waals surface area (Å²) in [7, 11) is 0. The molecule has 0 radical (unpaired) electrons. The molecule has 0 atom stereocenters. The predicted octanol–water partition coefficient (Wildman–Crippen LogP) is -0.268. The standard InChI is InChI=1S/C23H25FN2O4/c1-15-12-19(28)17(14-26-8-6-25(7-9-26)10-11-27)23-21(15)22(29)20(30-23)13-16-4-2-3-5-18(16)24/h2-5,12-13,27-28H,6-11,14H2,1H3/p+2/b20-13-. The van der Waals surface area contributed by atoms with Gasteiger partial charge in [0.1, 0.15) is 50.8 Å². The van der Waals surface area contributed by atoms with Crippen LogP contribution in [0.25, 0.3) is 6.08 Å². The number of ketones is 1. The second-order valence-electron chi connectivity index (χ2n) is 8.01. The van der Waals surface area contributed by atoms with E-state index in [0.717, 1.165) is 32.7 Å². The molecule has 4 N–H and O–H groups in total. The molecule has 0 aromatic heterocycles. The van der Waals surface area contributed by atoms with E-state index in [4.69, 9.17) is 9.84 Å². The molecule has 1 fully saturated rings. The van der Waals surface area contributed by atoms with Gasteiger partial charge in [-0.25, -0.2) is 4.39 Å². The van der Waals surface area contributed by atoms with Crippen LogP contribution in [0.4, 0.5) is 4.39 Å². The monoisotopic (exact) mass is 414 g/mol. The summed E-state index contributed by atoms with van der Waals surface area (Å²) in [4.78, 5) is 15.6. The largest absolute Gasteiger partial charge is 0.507 e. The Balaban J connectivity index is 1.61. The summed E-state index contributed by atoms with van der Waals surface area (Å²) in [5.74, 6) is -0.150. The van der Waals surface area contributed by atoms with Crippen LogP contribution in [0.3, 0.4) is 0 Å². The van der Waals surface area contributed by atoms with Gasteiger partial charge in [0.15, 0.2) is 11.5 Å². The van der Waals surface area contributed by atoms with Gasteiger partial charge in [-0.2, -0.15) is 0 Å². The Labute approximate surface area is 174 Å². The summed E-state index contributed by atoms with van der Waals surface area (Å²) in [6.45, 7) is 6.95. The van der Waals surface area contributed by atoms with Gasteiger partial charge in [0.25, 0.3) is 0 Å². The van der Waals surface area contributed by atoms with Crippen LogP contribution >= 0.6 is 0 Å². The highest BCUT2D eigenvalue weighted by atomic mass is 19.1. The maximum absolute atomic E-state index is 14.0. The molecule has 0 amide bonds. The predicted molar refractivity (Wildman–Crippen MR) is 109 cm³/mol. The molecule has 0 unspecified atom stereocenters. The number of allylic oxidation sites excluding steroid dienone is 1. The number of halogens is 1. The van der Waals surface area contributed by atoms with Crippen molar-refractivity contribution in [3.05, 3.63) is 64.2 Å². The van der Waals surface area contributed by atoms with E-state index in [1.807, 2.05) is 0 Å². The van der Waals surface area contributed by atoms with Crippen molar-refractivity contribution in [2.45, 2.75) is 13.5 Å². The van der Waals surface area contributed by atoms with E-state index in [-0.39, 0.29) is 29.5 Å². The number of aromatic hydroxyl groups is 1. The van der Waals surface area contributed by atoms with Crippen molar-refractivity contribution in [2.24, 2.45) is 0 Å². The number of quaternary nitrogens is 2. The summed E-state index contributed by atoms with van der Waals surface area (Å²) in [5, 5.41) is 19.7. The number of phenols is 1. The fourth-order valence-corrected chi connectivity index (χ4v) is 4.28. The summed E-state index contributed by atoms with van der Waals surface area (Å²) >= 11 is 0. The molecule has 2 aromatic carbocycles. The lowest BCUT2D eigenvalue weighted by atomic mass is 9.99. The molecule has 2 aliphatic rings. The van der Waals surface area contributed by atoms with Crippen LogP contribution in [0.2, 0.25) is 0 Å². The molecule has 0 aliphatic carbocycles. The zero-order valence-corrected chi connectivity index (χ0v) is 17.0. The molecule has 6 nitrogen and oxygen atoms in total. The SMILES string of the molecule is Cc1cc(O)c(C[NH+]2CC[NH+](CCO)CC2)c2c1C(=O)/C(=C/c1ccccc1F)O2. The average Bonchev–Trinajstić information content (AvgIpc) is 3.05. The number of aliphatic hydroxyl groups excluding tert-OH is 1. The first-order chi connectivity index (χ1) is 14.5. The summed E-state index contributed by atoms with van der Waals surface area (Å²) < 4.78 is 20.0. The third kappa shape index (κ3) is 3.96. The maximum atomic E-state index is 14.0. The van der Waals surface area contributed by atoms with Gasteiger partial charge in [-0.1, -0.05) is 18.2 Å². The van der Waals surface area contributed by atoms with Crippen LogP contribution in [0.15, 0.2) is 36.1 Å². The highest BCUT2D eigenvalue weighted by Gasteiger charge is 2.35. The number of aliphatic hydroxyl groups is 1. The minimum Gasteiger partial charge on any atom is -0.507 e. The summed E-state index contributed by atoms with van der Waals surface area (Å²) in [6.07, 6.45) is 1.42. The highest BCUT2D eigenvalue weighted by Crippen LogP contribution is 2.41. The van der Waals surface area contributed by atoms with Gasteiger partial charge in [-0.15, -0.1) is 0 Å². The second-order valence-corrected chi connectivity index (χ2v) is 8.01. The molecule has 0 spiro atoms. The van der Waals surface area contributed by atoms with E-state index < -0.39 is 5.82 Å². The van der Waals surface area contributed by atoms with Gasteiger partial charge < -0.3 is 24.7 Å². The molecule has 2 aromatic rings. The van der Waals surface area contributed by atoms with Gasteiger partial charge in [-0.05, 0) is 30.7 Å². The first-order valence-corrected chi connectivity index (χ1v) is 10.3. The molecule has 0 saturated carbocycles. The minimum absolute atomic E-state index is 0.0669. The topological polar surface area (TPSA) is 75.6 Å². The Morgan fingerprint density at radius 1 is 1.17 bits per heavy atom. The number of rotatable bonds is 5. The van der Waals surface area contributed by atoms with E-state index in [2.05, 4.69) is 0 Å². The van der Waals surface area contributed by atoms with Gasteiger partial charge >= 0.3 is 0 Å². The van der Waals surface area contributed by atoms with Crippen molar-refractivity contribution in [1.82, 2.24) is 0 Å². The number of benzene rings is 2. The second kappa shape index (κ2) is 8.55. The van der Waals surface area contributed by atoms with Crippen LogP contribution in [0.1, 0.15) is 27.0 Å². The number of ether oxygens (including phenoxy) is 1. The van der Waals surface area contributed by atoms with E-state index in [0.29, 0.717) is 29.0 Å². The molecule has 158 valence electrons. The zero-order chi connectivity index (χ0) is 21.3. The minimum atomic E-state index is -0.426. The first-order valence-electron chi connectivity index (χ1n) is 10.3. The molecule has 2 heterocycles. The fourth-order valence-electron chi connectivity index (χ4n) is 4.28. The summed E-state index contributed by atoms with van der Waals surface area (Å²) in [5.41, 5.74) is 1.97. The van der Waals surface area contributed by atoms with E-state index >= 15 is 0 Å². The van der Waals surface area contributed by atoms with Crippen LogP contribution in [-0.2, 0) is 6.54 Å². The number of nitrogens with one attached hydrogen (secondary N) is 2. The summed E-state index contributed by atoms with van der Waals surface area (Å²) in [6, 6.07) is 7.82. The van der Waals surface area contributed by atoms with E-state index in [1.165, 1.54) is 21.9 Å². The lowest BCUT2D eigenvalue weighted by Crippen LogP contribution is -3.27. The Morgan fingerprint density at radius 2 is 1.87 bits per heavy atom. The van der Waals surface area contributed by atoms with Crippen molar-refractivity contribution >= 4 is 11.9 Å². The third-order valence-electron chi connectivity index (χ3n) is 5.97. The Hall–Kier alpha value is -2.74. The van der Waals surface area contributed by atoms with Crippen molar-refractivity contribution < 1.29 is 33.9 Å². The van der Waals surface area contributed by atoms with Crippen molar-refractivity contribution in [1.29, 1.82) is 0 Å². The Morgan fingerprint density at radius 3 is 2.57 bits per heavy atom. The van der Waals surface area contributed by atoms with Crippen molar-refractivity contribution in [3.63, 3.8) is 0 Å². The number of piperazine rings is 1. The molecule has 0 bridgehead atoms. The Kier molecular flexibility index (Phi) is 5.85. The lowest BCUT2D eigenvalue weighted by molar-refractivity contribution is -1.02. The van der Waals surface area contributed by atoms with Gasteiger partial charge in [0.05, 0.1) is 17.7 Å². The van der Waals surface area contributed by atoms with Gasteiger partial charge in [0, 0.05) is 5.56 Å². The van der Waals surface area contributed by atoms with Crippen molar-refractivity contribution in [3.8, 4) is 11.5 Å². The number of fused-ring (bicyclic) bond motifs is 1. The molecular formula is C23H27FN2O4+2. The number of hydrogen-bond acceptors (Lipinski definition) is 4. The van der Waals surface area contributed by atoms with Crippen molar-refractivity contribution in [2.75, 3.05) is 39.3 Å². The molecule has 7 heteroatoms. The number of phenolic OH excluding ortho intramolecular Hbond substituents is 1. The number of carbonyl (C=O) groups excluding carboxylic acids is 1. The fraction of sp³-hybridized carbons (Fsp3) is 0.348. The normalized spacial score (nSPS) is 22.2. The van der Waals surface area contributed by atoms with Crippen LogP contribution < -0.4 is 14.5 Å². The van der Waals surface area contributed by atoms with Crippen LogP contribution in [0.5, 0.6) is 11.5 Å². The smallest absolute Gasteiger partial charge is 0.232 e. The maximum Gasteiger partial charge on any atom is 0.232 e. The highest BCUT2D eigenvalue weighted by molar-refractivity contribution is 6.15. The molecule has 2 aliphatic heterocycles. The number of aryl methyl sites for hydroxylation is 1. The number of Topliss-reactive ketones (excluding diaryl/α,β-unsaturated/α-hetero) is 1. The zero-order valence-electron chi connectivity index (χ0n) is 17.0. The molecular weight excluding hydrogens is 387 g/mol.